The van der Waals surface area contributed by atoms with E-state index in [2.05, 4.69) is 15.3 Å². The Kier molecular flexibility index (Phi) is 4.66. The van der Waals surface area contributed by atoms with Crippen molar-refractivity contribution in [2.24, 2.45) is 5.10 Å². The number of nitro benzene ring substituents is 1. The highest BCUT2D eigenvalue weighted by molar-refractivity contribution is 5.83. The Morgan fingerprint density at radius 1 is 1.36 bits per heavy atom. The molecule has 1 heterocycles. The molecule has 0 aliphatic rings. The quantitative estimate of drug-likeness (QED) is 0.458. The van der Waals surface area contributed by atoms with Crippen LogP contribution in [0, 0.1) is 10.1 Å². The van der Waals surface area contributed by atoms with E-state index in [1.54, 1.807) is 19.9 Å². The second-order valence-corrected chi connectivity index (χ2v) is 4.58. The minimum Gasteiger partial charge on any atom is -0.493 e. The Morgan fingerprint density at radius 2 is 2.05 bits per heavy atom. The zero-order valence-electron chi connectivity index (χ0n) is 12.3. The zero-order chi connectivity index (χ0) is 16.1. The second kappa shape index (κ2) is 6.66. The minimum atomic E-state index is -0.518. The summed E-state index contributed by atoms with van der Waals surface area (Å²) >= 11 is 0. The van der Waals surface area contributed by atoms with Crippen LogP contribution in [0.2, 0.25) is 0 Å². The fraction of sp³-hybridized carbons (Fsp3) is 0.308. The number of aromatic nitrogens is 3. The van der Waals surface area contributed by atoms with Crippen molar-refractivity contribution in [3.8, 4) is 11.5 Å². The number of ether oxygens (including phenoxy) is 2. The molecule has 0 spiro atoms. The normalized spacial score (nSPS) is 11.1. The van der Waals surface area contributed by atoms with Crippen molar-refractivity contribution in [3.63, 3.8) is 0 Å². The van der Waals surface area contributed by atoms with Gasteiger partial charge in [-0.2, -0.15) is 5.10 Å². The number of nitro groups is 1. The third kappa shape index (κ3) is 3.57. The first-order valence-corrected chi connectivity index (χ1v) is 6.43. The molecule has 1 aromatic heterocycles. The van der Waals surface area contributed by atoms with Gasteiger partial charge in [0.1, 0.15) is 12.7 Å². The number of rotatable bonds is 6. The predicted molar refractivity (Wildman–Crippen MR) is 78.4 cm³/mol. The Balaban J connectivity index is 2.44. The maximum absolute atomic E-state index is 11.3. The van der Waals surface area contributed by atoms with Gasteiger partial charge in [-0.3, -0.25) is 10.1 Å². The van der Waals surface area contributed by atoms with Crippen LogP contribution in [0.1, 0.15) is 19.4 Å². The van der Waals surface area contributed by atoms with Crippen LogP contribution in [0.3, 0.4) is 0 Å². The van der Waals surface area contributed by atoms with Gasteiger partial charge >= 0.3 is 5.69 Å². The van der Waals surface area contributed by atoms with Gasteiger partial charge in [0.15, 0.2) is 5.75 Å². The summed E-state index contributed by atoms with van der Waals surface area (Å²) in [6.07, 6.45) is 4.03. The minimum absolute atomic E-state index is 0.101. The Hall–Kier alpha value is -2.97. The van der Waals surface area contributed by atoms with Gasteiger partial charge in [0.2, 0.25) is 5.75 Å². The molecule has 0 fully saturated rings. The molecule has 0 radical (unpaired) electrons. The lowest BCUT2D eigenvalue weighted by molar-refractivity contribution is -0.386. The first-order chi connectivity index (χ1) is 10.5. The number of hydrogen-bond donors (Lipinski definition) is 0. The van der Waals surface area contributed by atoms with E-state index in [1.807, 2.05) is 0 Å². The summed E-state index contributed by atoms with van der Waals surface area (Å²) < 4.78 is 12.1. The van der Waals surface area contributed by atoms with E-state index in [1.165, 1.54) is 36.7 Å². The molecular formula is C13H15N5O4. The molecule has 22 heavy (non-hydrogen) atoms. The molecule has 0 aliphatic heterocycles. The lowest BCUT2D eigenvalue weighted by atomic mass is 10.2. The van der Waals surface area contributed by atoms with Crippen LogP contribution >= 0.6 is 0 Å². The molecule has 0 bridgehead atoms. The standard InChI is InChI=1S/C13H15N5O4/c1-9(2)22-13-11(18(19)20)4-10(5-12(13)21-3)6-16-17-7-14-15-8-17/h4-9H,1-3H3/b16-6-. The molecule has 0 aliphatic carbocycles. The third-order valence-corrected chi connectivity index (χ3v) is 2.57. The average Bonchev–Trinajstić information content (AvgIpc) is 2.98. The van der Waals surface area contributed by atoms with Gasteiger partial charge in [-0.15, -0.1) is 10.2 Å². The summed E-state index contributed by atoms with van der Waals surface area (Å²) in [5.41, 5.74) is 0.312. The van der Waals surface area contributed by atoms with Gasteiger partial charge in [-0.25, -0.2) is 4.68 Å². The van der Waals surface area contributed by atoms with Gasteiger partial charge in [0.05, 0.1) is 24.4 Å². The molecule has 0 saturated carbocycles. The summed E-state index contributed by atoms with van der Waals surface area (Å²) in [4.78, 5) is 10.7. The van der Waals surface area contributed by atoms with Gasteiger partial charge in [0.25, 0.3) is 0 Å². The number of nitrogens with zero attached hydrogens (tertiary/aromatic N) is 5. The lowest BCUT2D eigenvalue weighted by Crippen LogP contribution is -2.09. The zero-order valence-corrected chi connectivity index (χ0v) is 12.3. The first kappa shape index (κ1) is 15.4. The SMILES string of the molecule is COc1cc(/C=N\n2cnnc2)cc([N+](=O)[O-])c1OC(C)C. The van der Waals surface area contributed by atoms with Crippen molar-refractivity contribution in [2.75, 3.05) is 7.11 Å². The topological polar surface area (TPSA) is 105 Å². The van der Waals surface area contributed by atoms with E-state index in [-0.39, 0.29) is 23.3 Å². The summed E-state index contributed by atoms with van der Waals surface area (Å²) in [6.45, 7) is 3.56. The highest BCUT2D eigenvalue weighted by Gasteiger charge is 2.22. The van der Waals surface area contributed by atoms with E-state index >= 15 is 0 Å². The predicted octanol–water partition coefficient (Wildman–Crippen LogP) is 1.86. The van der Waals surface area contributed by atoms with Crippen molar-refractivity contribution in [1.82, 2.24) is 14.9 Å². The summed E-state index contributed by atoms with van der Waals surface area (Å²) in [6, 6.07) is 2.98. The average molecular weight is 305 g/mol. The third-order valence-electron chi connectivity index (χ3n) is 2.57. The largest absolute Gasteiger partial charge is 0.493 e. The van der Waals surface area contributed by atoms with Crippen molar-refractivity contribution in [1.29, 1.82) is 0 Å². The van der Waals surface area contributed by atoms with E-state index < -0.39 is 4.92 Å². The molecule has 0 N–H and O–H groups in total. The number of benzene rings is 1. The van der Waals surface area contributed by atoms with E-state index in [0.717, 1.165) is 0 Å². The summed E-state index contributed by atoms with van der Waals surface area (Å²) in [5, 5.41) is 22.5. The van der Waals surface area contributed by atoms with Crippen LogP contribution in [0.4, 0.5) is 5.69 Å². The molecule has 116 valence electrons. The summed E-state index contributed by atoms with van der Waals surface area (Å²) in [7, 11) is 1.42. The van der Waals surface area contributed by atoms with Crippen LogP contribution in [0.15, 0.2) is 29.9 Å². The Bertz CT molecular complexity index is 682. The van der Waals surface area contributed by atoms with Crippen LogP contribution in [0.25, 0.3) is 0 Å². The number of hydrogen-bond acceptors (Lipinski definition) is 7. The van der Waals surface area contributed by atoms with Crippen LogP contribution in [0.5, 0.6) is 11.5 Å². The molecule has 0 unspecified atom stereocenters. The molecule has 9 heteroatoms. The molecule has 0 atom stereocenters. The van der Waals surface area contributed by atoms with Crippen LogP contribution in [-0.4, -0.2) is 39.2 Å². The highest BCUT2D eigenvalue weighted by Crippen LogP contribution is 2.38. The Morgan fingerprint density at radius 3 is 2.59 bits per heavy atom. The van der Waals surface area contributed by atoms with Gasteiger partial charge < -0.3 is 9.47 Å². The van der Waals surface area contributed by atoms with Crippen molar-refractivity contribution in [2.45, 2.75) is 20.0 Å². The van der Waals surface area contributed by atoms with E-state index in [9.17, 15) is 10.1 Å². The fourth-order valence-electron chi connectivity index (χ4n) is 1.71. The number of methoxy groups -OCH3 is 1. The van der Waals surface area contributed by atoms with Crippen molar-refractivity contribution >= 4 is 11.9 Å². The maximum atomic E-state index is 11.3. The second-order valence-electron chi connectivity index (χ2n) is 4.58. The lowest BCUT2D eigenvalue weighted by Gasteiger charge is -2.14. The Labute approximate surface area is 126 Å². The van der Waals surface area contributed by atoms with E-state index in [0.29, 0.717) is 5.56 Å². The molecule has 1 aromatic carbocycles. The monoisotopic (exact) mass is 305 g/mol. The first-order valence-electron chi connectivity index (χ1n) is 6.43. The fourth-order valence-corrected chi connectivity index (χ4v) is 1.71. The van der Waals surface area contributed by atoms with Crippen molar-refractivity contribution < 1.29 is 14.4 Å². The molecule has 2 rings (SSSR count). The molecule has 0 saturated heterocycles. The smallest absolute Gasteiger partial charge is 0.315 e. The molecular weight excluding hydrogens is 290 g/mol. The van der Waals surface area contributed by atoms with Crippen LogP contribution in [-0.2, 0) is 0 Å². The van der Waals surface area contributed by atoms with Gasteiger partial charge in [0, 0.05) is 11.6 Å². The van der Waals surface area contributed by atoms with Crippen LogP contribution < -0.4 is 9.47 Å². The summed E-state index contributed by atoms with van der Waals surface area (Å²) in [5.74, 6) is 0.372. The van der Waals surface area contributed by atoms with Gasteiger partial charge in [-0.05, 0) is 19.9 Å². The highest BCUT2D eigenvalue weighted by atomic mass is 16.6. The molecule has 2 aromatic rings. The van der Waals surface area contributed by atoms with Crippen molar-refractivity contribution in [3.05, 3.63) is 40.5 Å². The maximum Gasteiger partial charge on any atom is 0.315 e. The molecule has 9 nitrogen and oxygen atoms in total. The van der Waals surface area contributed by atoms with E-state index in [4.69, 9.17) is 9.47 Å². The molecule has 0 amide bonds. The van der Waals surface area contributed by atoms with Gasteiger partial charge in [-0.1, -0.05) is 0 Å².